The summed E-state index contributed by atoms with van der Waals surface area (Å²) < 4.78 is 0. The molecule has 3 N–H and O–H groups in total. The van der Waals surface area contributed by atoms with E-state index in [9.17, 15) is 9.59 Å². The number of hydrogen-bond acceptors (Lipinski definition) is 3. The third-order valence-corrected chi connectivity index (χ3v) is 2.56. The lowest BCUT2D eigenvalue weighted by Gasteiger charge is -2.14. The highest BCUT2D eigenvalue weighted by Crippen LogP contribution is 2.17. The van der Waals surface area contributed by atoms with Gasteiger partial charge < -0.3 is 16.0 Å². The lowest BCUT2D eigenvalue weighted by Crippen LogP contribution is -2.32. The second-order valence-electron chi connectivity index (χ2n) is 4.51. The Morgan fingerprint density at radius 3 is 2.44 bits per heavy atom. The fourth-order valence-corrected chi connectivity index (χ4v) is 1.39. The molecule has 0 unspecified atom stereocenters. The minimum atomic E-state index is -0.586. The largest absolute Gasteiger partial charge is 0.345 e. The van der Waals surface area contributed by atoms with Crippen LogP contribution in [0.2, 0.25) is 0 Å². The monoisotopic (exact) mass is 249 g/mol. The molecule has 0 aliphatic carbocycles. The lowest BCUT2D eigenvalue weighted by molar-refractivity contribution is -0.117. The molecule has 0 radical (unpaired) electrons. The van der Waals surface area contributed by atoms with Gasteiger partial charge in [-0.3, -0.25) is 9.59 Å². The molecule has 0 bridgehead atoms. The van der Waals surface area contributed by atoms with E-state index in [0.29, 0.717) is 11.3 Å². The lowest BCUT2D eigenvalue weighted by atomic mass is 10.1. The van der Waals surface area contributed by atoms with Gasteiger partial charge in [-0.25, -0.2) is 0 Å². The minimum absolute atomic E-state index is 0.105. The van der Waals surface area contributed by atoms with E-state index in [2.05, 4.69) is 5.32 Å². The number of benzene rings is 1. The van der Waals surface area contributed by atoms with Crippen LogP contribution in [0.4, 0.5) is 5.69 Å². The predicted octanol–water partition coefficient (Wildman–Crippen LogP) is 0.983. The molecule has 1 rings (SSSR count). The van der Waals surface area contributed by atoms with Crippen molar-refractivity contribution in [2.45, 2.75) is 19.9 Å². The molecule has 5 nitrogen and oxygen atoms in total. The van der Waals surface area contributed by atoms with Crippen LogP contribution in [0.5, 0.6) is 0 Å². The van der Waals surface area contributed by atoms with E-state index in [0.717, 1.165) is 5.56 Å². The number of amides is 2. The molecular weight excluding hydrogens is 230 g/mol. The minimum Gasteiger partial charge on any atom is -0.345 e. The SMILES string of the molecule is Cc1ccc(C(=O)N(C)C)cc1NC(=O)[C@H](C)N. The molecule has 0 fully saturated rings. The Morgan fingerprint density at radius 2 is 1.94 bits per heavy atom. The van der Waals surface area contributed by atoms with Gasteiger partial charge >= 0.3 is 0 Å². The first-order chi connectivity index (χ1) is 8.32. The van der Waals surface area contributed by atoms with Crippen LogP contribution in [0, 0.1) is 6.92 Å². The van der Waals surface area contributed by atoms with Crippen LogP contribution in [0.15, 0.2) is 18.2 Å². The average Bonchev–Trinajstić information content (AvgIpc) is 2.30. The van der Waals surface area contributed by atoms with Crippen LogP contribution >= 0.6 is 0 Å². The molecule has 0 aliphatic heterocycles. The summed E-state index contributed by atoms with van der Waals surface area (Å²) in [5.41, 5.74) is 7.53. The van der Waals surface area contributed by atoms with E-state index < -0.39 is 6.04 Å². The number of carbonyl (C=O) groups excluding carboxylic acids is 2. The van der Waals surface area contributed by atoms with Crippen molar-refractivity contribution in [3.8, 4) is 0 Å². The molecule has 2 amide bonds. The van der Waals surface area contributed by atoms with Crippen molar-refractivity contribution in [3.05, 3.63) is 29.3 Å². The quantitative estimate of drug-likeness (QED) is 0.838. The molecule has 0 aliphatic rings. The van der Waals surface area contributed by atoms with Gasteiger partial charge in [-0.2, -0.15) is 0 Å². The Hall–Kier alpha value is -1.88. The highest BCUT2D eigenvalue weighted by atomic mass is 16.2. The van der Waals surface area contributed by atoms with Gasteiger partial charge in [-0.1, -0.05) is 6.07 Å². The molecule has 1 aromatic carbocycles. The normalized spacial score (nSPS) is 11.8. The Labute approximate surface area is 107 Å². The summed E-state index contributed by atoms with van der Waals surface area (Å²) in [6.07, 6.45) is 0. The third kappa shape index (κ3) is 3.30. The summed E-state index contributed by atoms with van der Waals surface area (Å²) in [6.45, 7) is 3.47. The first-order valence-electron chi connectivity index (χ1n) is 5.71. The van der Waals surface area contributed by atoms with Gasteiger partial charge in [0, 0.05) is 25.3 Å². The fraction of sp³-hybridized carbons (Fsp3) is 0.385. The number of nitrogens with one attached hydrogen (secondary N) is 1. The van der Waals surface area contributed by atoms with Gasteiger partial charge in [-0.15, -0.1) is 0 Å². The molecule has 0 heterocycles. The molecule has 98 valence electrons. The first kappa shape index (κ1) is 14.2. The zero-order valence-corrected chi connectivity index (χ0v) is 11.2. The number of carbonyl (C=O) groups is 2. The van der Waals surface area contributed by atoms with Crippen LogP contribution in [-0.2, 0) is 4.79 Å². The zero-order chi connectivity index (χ0) is 13.9. The number of hydrogen-bond donors (Lipinski definition) is 2. The summed E-state index contributed by atoms with van der Waals surface area (Å²) in [7, 11) is 3.37. The van der Waals surface area contributed by atoms with E-state index in [4.69, 9.17) is 5.73 Å². The predicted molar refractivity (Wildman–Crippen MR) is 71.5 cm³/mol. The number of anilines is 1. The van der Waals surface area contributed by atoms with Crippen LogP contribution in [0.25, 0.3) is 0 Å². The van der Waals surface area contributed by atoms with Gasteiger partial charge in [-0.05, 0) is 31.5 Å². The summed E-state index contributed by atoms with van der Waals surface area (Å²) in [6, 6.07) is 4.61. The van der Waals surface area contributed by atoms with Crippen molar-refractivity contribution >= 4 is 17.5 Å². The van der Waals surface area contributed by atoms with Crippen molar-refractivity contribution in [3.63, 3.8) is 0 Å². The van der Waals surface area contributed by atoms with Gasteiger partial charge in [0.2, 0.25) is 5.91 Å². The molecule has 18 heavy (non-hydrogen) atoms. The van der Waals surface area contributed by atoms with E-state index in [1.165, 1.54) is 4.90 Å². The Kier molecular flexibility index (Phi) is 4.44. The highest BCUT2D eigenvalue weighted by Gasteiger charge is 2.13. The number of aryl methyl sites for hydroxylation is 1. The molecule has 1 aromatic rings. The second kappa shape index (κ2) is 5.64. The summed E-state index contributed by atoms with van der Waals surface area (Å²) in [4.78, 5) is 24.9. The summed E-state index contributed by atoms with van der Waals surface area (Å²) in [5.74, 6) is -0.376. The first-order valence-corrected chi connectivity index (χ1v) is 5.71. The number of rotatable bonds is 3. The zero-order valence-electron chi connectivity index (χ0n) is 11.2. The number of nitrogens with zero attached hydrogens (tertiary/aromatic N) is 1. The molecule has 0 spiro atoms. The summed E-state index contributed by atoms with van der Waals surface area (Å²) >= 11 is 0. The molecule has 0 saturated carbocycles. The standard InChI is InChI=1S/C13H19N3O2/c1-8-5-6-10(13(18)16(3)4)7-11(8)15-12(17)9(2)14/h5-7,9H,14H2,1-4H3,(H,15,17)/t9-/m0/s1. The van der Waals surface area contributed by atoms with Crippen molar-refractivity contribution < 1.29 is 9.59 Å². The maximum Gasteiger partial charge on any atom is 0.253 e. The Morgan fingerprint density at radius 1 is 1.33 bits per heavy atom. The average molecular weight is 249 g/mol. The van der Waals surface area contributed by atoms with Crippen molar-refractivity contribution in [1.29, 1.82) is 0 Å². The van der Waals surface area contributed by atoms with Crippen molar-refractivity contribution in [2.24, 2.45) is 5.73 Å². The Balaban J connectivity index is 3.02. The maximum atomic E-state index is 11.8. The maximum absolute atomic E-state index is 11.8. The van der Waals surface area contributed by atoms with E-state index >= 15 is 0 Å². The van der Waals surface area contributed by atoms with E-state index in [-0.39, 0.29) is 11.8 Å². The smallest absolute Gasteiger partial charge is 0.253 e. The van der Waals surface area contributed by atoms with Crippen LogP contribution < -0.4 is 11.1 Å². The van der Waals surface area contributed by atoms with Crippen molar-refractivity contribution in [1.82, 2.24) is 4.90 Å². The molecule has 5 heteroatoms. The third-order valence-electron chi connectivity index (χ3n) is 2.56. The van der Waals surface area contributed by atoms with Gasteiger partial charge in [0.1, 0.15) is 0 Å². The fourth-order valence-electron chi connectivity index (χ4n) is 1.39. The molecule has 1 atom stereocenters. The second-order valence-corrected chi connectivity index (χ2v) is 4.51. The van der Waals surface area contributed by atoms with E-state index in [1.807, 2.05) is 6.92 Å². The molecular formula is C13H19N3O2. The van der Waals surface area contributed by atoms with E-state index in [1.54, 1.807) is 39.2 Å². The van der Waals surface area contributed by atoms with Gasteiger partial charge in [0.25, 0.3) is 5.91 Å². The summed E-state index contributed by atoms with van der Waals surface area (Å²) in [5, 5.41) is 2.71. The molecule has 0 aromatic heterocycles. The highest BCUT2D eigenvalue weighted by molar-refractivity contribution is 5.98. The number of nitrogens with two attached hydrogens (primary N) is 1. The van der Waals surface area contributed by atoms with Gasteiger partial charge in [0.05, 0.1) is 6.04 Å². The Bertz CT molecular complexity index is 467. The van der Waals surface area contributed by atoms with Crippen molar-refractivity contribution in [2.75, 3.05) is 19.4 Å². The van der Waals surface area contributed by atoms with Crippen LogP contribution in [-0.4, -0.2) is 36.9 Å². The topological polar surface area (TPSA) is 75.4 Å². The van der Waals surface area contributed by atoms with Crippen LogP contribution in [0.1, 0.15) is 22.8 Å². The van der Waals surface area contributed by atoms with Gasteiger partial charge in [0.15, 0.2) is 0 Å². The van der Waals surface area contributed by atoms with Crippen LogP contribution in [0.3, 0.4) is 0 Å². The molecule has 0 saturated heterocycles.